The molecule has 0 atom stereocenters. The lowest BCUT2D eigenvalue weighted by molar-refractivity contribution is -0.121. The summed E-state index contributed by atoms with van der Waals surface area (Å²) in [6.45, 7) is 4.29. The van der Waals surface area contributed by atoms with Gasteiger partial charge < -0.3 is 4.52 Å². The van der Waals surface area contributed by atoms with E-state index in [4.69, 9.17) is 4.52 Å². The van der Waals surface area contributed by atoms with E-state index in [0.717, 1.165) is 30.0 Å². The first-order valence-electron chi connectivity index (χ1n) is 9.50. The van der Waals surface area contributed by atoms with Gasteiger partial charge in [-0.25, -0.2) is 0 Å². The monoisotopic (exact) mass is 340 g/mol. The Morgan fingerprint density at radius 2 is 1.92 bits per heavy atom. The standard InChI is InChI=1S/C21H28N2O2/c1-3-4-5-16-8-12-18(13-9-16)21(24)22-20-14-19(23-25-20)17-10-6-15(2)7-11-17/h6-7,10-11,14,16,18H,3-5,8-9,12-13H2,1-2H3,(H,22,24). The number of rotatable bonds is 6. The zero-order chi connectivity index (χ0) is 17.6. The summed E-state index contributed by atoms with van der Waals surface area (Å²) in [6.07, 6.45) is 8.19. The summed E-state index contributed by atoms with van der Waals surface area (Å²) in [5, 5.41) is 6.97. The normalized spacial score (nSPS) is 20.4. The van der Waals surface area contributed by atoms with Crippen LogP contribution in [0.5, 0.6) is 0 Å². The van der Waals surface area contributed by atoms with Crippen molar-refractivity contribution in [1.29, 1.82) is 0 Å². The van der Waals surface area contributed by atoms with Gasteiger partial charge in [-0.2, -0.15) is 0 Å². The predicted octanol–water partition coefficient (Wildman–Crippen LogP) is 5.59. The fourth-order valence-electron chi connectivity index (χ4n) is 3.62. The second-order valence-electron chi connectivity index (χ2n) is 7.29. The highest BCUT2D eigenvalue weighted by Gasteiger charge is 2.26. The molecule has 1 aliphatic rings. The lowest BCUT2D eigenvalue weighted by Gasteiger charge is -2.27. The maximum Gasteiger partial charge on any atom is 0.231 e. The minimum absolute atomic E-state index is 0.0700. The molecule has 0 spiro atoms. The van der Waals surface area contributed by atoms with Crippen molar-refractivity contribution in [1.82, 2.24) is 5.16 Å². The molecule has 1 heterocycles. The van der Waals surface area contributed by atoms with Crippen molar-refractivity contribution < 1.29 is 9.32 Å². The maximum atomic E-state index is 12.5. The van der Waals surface area contributed by atoms with Gasteiger partial charge in [-0.15, -0.1) is 0 Å². The molecule has 0 saturated heterocycles. The van der Waals surface area contributed by atoms with Crippen LogP contribution in [0.25, 0.3) is 11.3 Å². The number of nitrogens with one attached hydrogen (secondary N) is 1. The molecule has 4 heteroatoms. The van der Waals surface area contributed by atoms with Gasteiger partial charge in [0.2, 0.25) is 11.8 Å². The van der Waals surface area contributed by atoms with Gasteiger partial charge >= 0.3 is 0 Å². The number of unbranched alkanes of at least 4 members (excludes halogenated alkanes) is 1. The zero-order valence-electron chi connectivity index (χ0n) is 15.3. The Morgan fingerprint density at radius 1 is 1.20 bits per heavy atom. The molecule has 1 aromatic carbocycles. The van der Waals surface area contributed by atoms with Crippen molar-refractivity contribution >= 4 is 11.8 Å². The number of hydrogen-bond acceptors (Lipinski definition) is 3. The summed E-state index contributed by atoms with van der Waals surface area (Å²) in [5.74, 6) is 1.42. The van der Waals surface area contributed by atoms with Crippen LogP contribution in [0.15, 0.2) is 34.9 Å². The van der Waals surface area contributed by atoms with E-state index in [-0.39, 0.29) is 11.8 Å². The summed E-state index contributed by atoms with van der Waals surface area (Å²) < 4.78 is 5.30. The molecule has 2 aromatic rings. The quantitative estimate of drug-likeness (QED) is 0.746. The van der Waals surface area contributed by atoms with Crippen molar-refractivity contribution in [2.24, 2.45) is 11.8 Å². The fourth-order valence-corrected chi connectivity index (χ4v) is 3.62. The number of nitrogens with zero attached hydrogens (tertiary/aromatic N) is 1. The Labute approximate surface area is 150 Å². The SMILES string of the molecule is CCCCC1CCC(C(=O)Nc2cc(-c3ccc(C)cc3)no2)CC1. The van der Waals surface area contributed by atoms with E-state index in [1.807, 2.05) is 24.3 Å². The Morgan fingerprint density at radius 3 is 2.60 bits per heavy atom. The smallest absolute Gasteiger partial charge is 0.231 e. The van der Waals surface area contributed by atoms with Crippen LogP contribution in [0.1, 0.15) is 57.4 Å². The average molecular weight is 340 g/mol. The van der Waals surface area contributed by atoms with E-state index in [1.165, 1.54) is 37.7 Å². The molecule has 134 valence electrons. The number of anilines is 1. The average Bonchev–Trinajstić information content (AvgIpc) is 3.09. The lowest BCUT2D eigenvalue weighted by atomic mass is 9.79. The first-order chi connectivity index (χ1) is 12.2. The molecule has 1 aromatic heterocycles. The van der Waals surface area contributed by atoms with Gasteiger partial charge in [-0.3, -0.25) is 10.1 Å². The number of aromatic nitrogens is 1. The van der Waals surface area contributed by atoms with E-state index in [2.05, 4.69) is 24.3 Å². The molecule has 1 fully saturated rings. The van der Waals surface area contributed by atoms with Gasteiger partial charge in [-0.1, -0.05) is 61.2 Å². The van der Waals surface area contributed by atoms with Crippen molar-refractivity contribution in [3.8, 4) is 11.3 Å². The molecule has 1 aliphatic carbocycles. The minimum Gasteiger partial charge on any atom is -0.338 e. The molecule has 4 nitrogen and oxygen atoms in total. The molecule has 25 heavy (non-hydrogen) atoms. The van der Waals surface area contributed by atoms with Crippen LogP contribution in [0.3, 0.4) is 0 Å². The number of carbonyl (C=O) groups excluding carboxylic acids is 1. The highest BCUT2D eigenvalue weighted by molar-refractivity contribution is 5.91. The fraction of sp³-hybridized carbons (Fsp3) is 0.524. The van der Waals surface area contributed by atoms with E-state index in [1.54, 1.807) is 6.07 Å². The lowest BCUT2D eigenvalue weighted by Crippen LogP contribution is -2.27. The van der Waals surface area contributed by atoms with Crippen molar-refractivity contribution in [2.75, 3.05) is 5.32 Å². The van der Waals surface area contributed by atoms with Gasteiger partial charge in [-0.05, 0) is 38.5 Å². The zero-order valence-corrected chi connectivity index (χ0v) is 15.3. The Kier molecular flexibility index (Phi) is 5.90. The highest BCUT2D eigenvalue weighted by Crippen LogP contribution is 2.32. The van der Waals surface area contributed by atoms with Gasteiger partial charge in [0.1, 0.15) is 5.69 Å². The summed E-state index contributed by atoms with van der Waals surface area (Å²) in [7, 11) is 0. The number of amides is 1. The third-order valence-corrected chi connectivity index (χ3v) is 5.29. The third-order valence-electron chi connectivity index (χ3n) is 5.29. The minimum atomic E-state index is 0.0700. The first kappa shape index (κ1) is 17.7. The first-order valence-corrected chi connectivity index (χ1v) is 9.50. The van der Waals surface area contributed by atoms with E-state index < -0.39 is 0 Å². The molecule has 0 bridgehead atoms. The van der Waals surface area contributed by atoms with Crippen LogP contribution in [0, 0.1) is 18.8 Å². The van der Waals surface area contributed by atoms with Gasteiger partial charge in [0, 0.05) is 17.5 Å². The van der Waals surface area contributed by atoms with Crippen LogP contribution in [0.2, 0.25) is 0 Å². The number of benzene rings is 1. The summed E-state index contributed by atoms with van der Waals surface area (Å²) >= 11 is 0. The summed E-state index contributed by atoms with van der Waals surface area (Å²) in [6, 6.07) is 9.90. The van der Waals surface area contributed by atoms with E-state index in [9.17, 15) is 4.79 Å². The molecule has 3 rings (SSSR count). The Bertz CT molecular complexity index is 682. The van der Waals surface area contributed by atoms with Gasteiger partial charge in [0.25, 0.3) is 0 Å². The second-order valence-corrected chi connectivity index (χ2v) is 7.29. The topological polar surface area (TPSA) is 55.1 Å². The van der Waals surface area contributed by atoms with Crippen molar-refractivity contribution in [3.05, 3.63) is 35.9 Å². The van der Waals surface area contributed by atoms with Crippen LogP contribution in [-0.2, 0) is 4.79 Å². The second kappa shape index (κ2) is 8.32. The number of carbonyl (C=O) groups is 1. The largest absolute Gasteiger partial charge is 0.338 e. The summed E-state index contributed by atoms with van der Waals surface area (Å²) in [5.41, 5.74) is 2.94. The highest BCUT2D eigenvalue weighted by atomic mass is 16.5. The summed E-state index contributed by atoms with van der Waals surface area (Å²) in [4.78, 5) is 12.5. The Hall–Kier alpha value is -2.10. The van der Waals surface area contributed by atoms with Crippen LogP contribution in [0.4, 0.5) is 5.88 Å². The molecule has 1 amide bonds. The molecule has 0 unspecified atom stereocenters. The van der Waals surface area contributed by atoms with E-state index >= 15 is 0 Å². The number of hydrogen-bond donors (Lipinski definition) is 1. The molecular weight excluding hydrogens is 312 g/mol. The Balaban J connectivity index is 1.53. The maximum absolute atomic E-state index is 12.5. The van der Waals surface area contributed by atoms with Crippen molar-refractivity contribution in [3.63, 3.8) is 0 Å². The van der Waals surface area contributed by atoms with Crippen LogP contribution >= 0.6 is 0 Å². The van der Waals surface area contributed by atoms with Gasteiger partial charge in [0.05, 0.1) is 0 Å². The molecule has 1 N–H and O–H groups in total. The van der Waals surface area contributed by atoms with Gasteiger partial charge in [0.15, 0.2) is 0 Å². The number of aryl methyl sites for hydroxylation is 1. The molecular formula is C21H28N2O2. The van der Waals surface area contributed by atoms with E-state index in [0.29, 0.717) is 5.88 Å². The predicted molar refractivity (Wildman–Crippen MR) is 100 cm³/mol. The van der Waals surface area contributed by atoms with Crippen molar-refractivity contribution in [2.45, 2.75) is 58.8 Å². The third kappa shape index (κ3) is 4.71. The van der Waals surface area contributed by atoms with Crippen LogP contribution in [-0.4, -0.2) is 11.1 Å². The molecule has 0 aliphatic heterocycles. The molecule has 0 radical (unpaired) electrons. The molecule has 1 saturated carbocycles. The van der Waals surface area contributed by atoms with Crippen LogP contribution < -0.4 is 5.32 Å².